The fourth-order valence-electron chi connectivity index (χ4n) is 2.48. The third-order valence-electron chi connectivity index (χ3n) is 3.54. The first kappa shape index (κ1) is 14.5. The normalized spacial score (nSPS) is 16.1. The summed E-state index contributed by atoms with van der Waals surface area (Å²) in [6.07, 6.45) is 2.83. The van der Waals surface area contributed by atoms with Gasteiger partial charge < -0.3 is 10.5 Å². The molecule has 2 N–H and O–H groups in total. The van der Waals surface area contributed by atoms with Crippen LogP contribution in [0.2, 0.25) is 0 Å². The van der Waals surface area contributed by atoms with Gasteiger partial charge in [0.2, 0.25) is 0 Å². The fourth-order valence-corrected chi connectivity index (χ4v) is 2.48. The number of nitrogens with two attached hydrogens (primary N) is 1. The van der Waals surface area contributed by atoms with Gasteiger partial charge in [-0.15, -0.1) is 0 Å². The Morgan fingerprint density at radius 2 is 2.00 bits per heavy atom. The molecule has 0 saturated heterocycles. The van der Waals surface area contributed by atoms with Crippen LogP contribution >= 0.6 is 0 Å². The monoisotopic (exact) mass is 273 g/mol. The van der Waals surface area contributed by atoms with Gasteiger partial charge in [0.15, 0.2) is 0 Å². The molecule has 2 atom stereocenters. The van der Waals surface area contributed by atoms with E-state index in [0.717, 1.165) is 17.6 Å². The Bertz CT molecular complexity index is 563. The highest BCUT2D eigenvalue weighted by atomic mass is 16.5. The topological polar surface area (TPSA) is 69.4 Å². The maximum Gasteiger partial charge on any atom is 0.302 e. The number of fused-ring (bicyclic) bond motifs is 1. The number of ketones is 1. The maximum atomic E-state index is 11.5. The highest BCUT2D eigenvalue weighted by molar-refractivity contribution is 5.83. The van der Waals surface area contributed by atoms with E-state index in [1.807, 2.05) is 18.2 Å². The van der Waals surface area contributed by atoms with Gasteiger partial charge in [-0.2, -0.15) is 0 Å². The molecule has 0 bridgehead atoms. The lowest BCUT2D eigenvalue weighted by Crippen LogP contribution is -2.43. The van der Waals surface area contributed by atoms with Gasteiger partial charge in [0.25, 0.3) is 0 Å². The minimum Gasteiger partial charge on any atom is -0.460 e. The number of carbonyl (C=O) groups is 2. The summed E-state index contributed by atoms with van der Waals surface area (Å²) >= 11 is 0. The molecule has 4 heteroatoms. The van der Waals surface area contributed by atoms with Crippen LogP contribution in [0.4, 0.5) is 0 Å². The zero-order valence-corrected chi connectivity index (χ0v) is 11.8. The summed E-state index contributed by atoms with van der Waals surface area (Å²) in [5, 5.41) is 0. The van der Waals surface area contributed by atoms with Crippen LogP contribution in [0.15, 0.2) is 30.3 Å². The van der Waals surface area contributed by atoms with E-state index in [-0.39, 0.29) is 5.78 Å². The molecule has 1 aliphatic carbocycles. The molecule has 106 valence electrons. The molecule has 0 aliphatic heterocycles. The Hall–Kier alpha value is -1.94. The summed E-state index contributed by atoms with van der Waals surface area (Å²) in [4.78, 5) is 22.6. The van der Waals surface area contributed by atoms with Crippen LogP contribution in [0.1, 0.15) is 31.4 Å². The lowest BCUT2D eigenvalue weighted by molar-refractivity contribution is -0.148. The number of benzene rings is 1. The Labute approximate surface area is 118 Å². The van der Waals surface area contributed by atoms with Crippen molar-refractivity contribution in [3.63, 3.8) is 0 Å². The first-order chi connectivity index (χ1) is 9.49. The second-order valence-electron chi connectivity index (χ2n) is 5.08. The van der Waals surface area contributed by atoms with E-state index in [2.05, 4.69) is 12.1 Å². The highest BCUT2D eigenvalue weighted by Gasteiger charge is 2.27. The van der Waals surface area contributed by atoms with Crippen molar-refractivity contribution in [1.29, 1.82) is 0 Å². The Morgan fingerprint density at radius 1 is 1.30 bits per heavy atom. The van der Waals surface area contributed by atoms with Crippen LogP contribution < -0.4 is 5.73 Å². The minimum atomic E-state index is -0.785. The lowest BCUT2D eigenvalue weighted by Gasteiger charge is -2.22. The van der Waals surface area contributed by atoms with E-state index in [9.17, 15) is 9.59 Å². The van der Waals surface area contributed by atoms with Crippen molar-refractivity contribution < 1.29 is 14.3 Å². The molecule has 2 rings (SSSR count). The van der Waals surface area contributed by atoms with Crippen molar-refractivity contribution in [3.05, 3.63) is 41.5 Å². The molecule has 4 nitrogen and oxygen atoms in total. The average Bonchev–Trinajstić information content (AvgIpc) is 2.80. The Kier molecular flexibility index (Phi) is 4.35. The molecular weight excluding hydrogens is 254 g/mol. The number of rotatable bonds is 5. The zero-order chi connectivity index (χ0) is 14.7. The lowest BCUT2D eigenvalue weighted by atomic mass is 9.96. The number of carbonyl (C=O) groups excluding carboxylic acids is 2. The predicted octanol–water partition coefficient (Wildman–Crippen LogP) is 1.86. The summed E-state index contributed by atoms with van der Waals surface area (Å²) in [5.41, 5.74) is 9.34. The summed E-state index contributed by atoms with van der Waals surface area (Å²) < 4.78 is 5.22. The third-order valence-corrected chi connectivity index (χ3v) is 3.54. The SMILES string of the molecule is CC(=O)OC(CC1=CCc2ccccc21)C(N)C(C)=O. The zero-order valence-electron chi connectivity index (χ0n) is 11.8. The quantitative estimate of drug-likeness (QED) is 0.831. The van der Waals surface area contributed by atoms with Gasteiger partial charge in [0.05, 0.1) is 0 Å². The van der Waals surface area contributed by atoms with E-state index in [0.29, 0.717) is 6.42 Å². The van der Waals surface area contributed by atoms with Crippen LogP contribution in [-0.4, -0.2) is 23.9 Å². The number of allylic oxidation sites excluding steroid dienone is 1. The number of hydrogen-bond donors (Lipinski definition) is 1. The predicted molar refractivity (Wildman–Crippen MR) is 77.0 cm³/mol. The van der Waals surface area contributed by atoms with Crippen LogP contribution in [0.5, 0.6) is 0 Å². The fraction of sp³-hybridized carbons (Fsp3) is 0.375. The summed E-state index contributed by atoms with van der Waals surface area (Å²) in [6.45, 7) is 2.75. The third kappa shape index (κ3) is 3.14. The first-order valence-electron chi connectivity index (χ1n) is 6.69. The molecule has 2 unspecified atom stereocenters. The largest absolute Gasteiger partial charge is 0.460 e. The van der Waals surface area contributed by atoms with Crippen LogP contribution in [-0.2, 0) is 20.7 Å². The number of Topliss-reactive ketones (excluding diaryl/α,β-unsaturated/α-hetero) is 1. The summed E-state index contributed by atoms with van der Waals surface area (Å²) in [6, 6.07) is 7.31. The van der Waals surface area contributed by atoms with E-state index < -0.39 is 18.1 Å². The molecule has 0 aromatic heterocycles. The van der Waals surface area contributed by atoms with Gasteiger partial charge in [-0.1, -0.05) is 30.3 Å². The standard InChI is InChI=1S/C16H19NO3/c1-10(18)16(17)15(20-11(2)19)9-13-8-7-12-5-3-4-6-14(12)13/h3-6,8,15-16H,7,9,17H2,1-2H3. The van der Waals surface area contributed by atoms with Gasteiger partial charge in [0.1, 0.15) is 17.9 Å². The number of ether oxygens (including phenoxy) is 1. The van der Waals surface area contributed by atoms with Crippen LogP contribution in [0.25, 0.3) is 5.57 Å². The maximum absolute atomic E-state index is 11.5. The molecule has 20 heavy (non-hydrogen) atoms. The molecule has 0 radical (unpaired) electrons. The van der Waals surface area contributed by atoms with Crippen LogP contribution in [0, 0.1) is 0 Å². The smallest absolute Gasteiger partial charge is 0.302 e. The second kappa shape index (κ2) is 6.01. The minimum absolute atomic E-state index is 0.178. The van der Waals surface area contributed by atoms with Gasteiger partial charge >= 0.3 is 5.97 Å². The van der Waals surface area contributed by atoms with E-state index in [4.69, 9.17) is 10.5 Å². The van der Waals surface area contributed by atoms with E-state index in [1.54, 1.807) is 0 Å². The Morgan fingerprint density at radius 3 is 2.65 bits per heavy atom. The van der Waals surface area contributed by atoms with Crippen molar-refractivity contribution >= 4 is 17.3 Å². The van der Waals surface area contributed by atoms with Crippen LogP contribution in [0.3, 0.4) is 0 Å². The molecule has 0 heterocycles. The van der Waals surface area contributed by atoms with E-state index >= 15 is 0 Å². The highest BCUT2D eigenvalue weighted by Crippen LogP contribution is 2.31. The van der Waals surface area contributed by atoms with Gasteiger partial charge in [0, 0.05) is 13.3 Å². The summed E-state index contributed by atoms with van der Waals surface area (Å²) in [7, 11) is 0. The van der Waals surface area contributed by atoms with Gasteiger partial charge in [-0.25, -0.2) is 0 Å². The molecule has 1 aliphatic rings. The molecular formula is C16H19NO3. The van der Waals surface area contributed by atoms with Gasteiger partial charge in [-0.3, -0.25) is 9.59 Å². The van der Waals surface area contributed by atoms with Gasteiger partial charge in [-0.05, 0) is 30.0 Å². The van der Waals surface area contributed by atoms with E-state index in [1.165, 1.54) is 19.4 Å². The van der Waals surface area contributed by atoms with Crippen molar-refractivity contribution in [2.45, 2.75) is 38.8 Å². The van der Waals surface area contributed by atoms with Crippen molar-refractivity contribution in [2.24, 2.45) is 5.73 Å². The number of hydrogen-bond acceptors (Lipinski definition) is 4. The molecule has 0 saturated carbocycles. The second-order valence-corrected chi connectivity index (χ2v) is 5.08. The summed E-state index contributed by atoms with van der Waals surface area (Å²) in [5.74, 6) is -0.596. The average molecular weight is 273 g/mol. The van der Waals surface area contributed by atoms with Crippen molar-refractivity contribution in [2.75, 3.05) is 0 Å². The molecule has 0 spiro atoms. The number of esters is 1. The molecule has 0 fully saturated rings. The Balaban J connectivity index is 2.17. The van der Waals surface area contributed by atoms with Crippen molar-refractivity contribution in [1.82, 2.24) is 0 Å². The molecule has 1 aromatic rings. The molecule has 1 aromatic carbocycles. The molecule has 0 amide bonds. The first-order valence-corrected chi connectivity index (χ1v) is 6.69. The van der Waals surface area contributed by atoms with Crippen molar-refractivity contribution in [3.8, 4) is 0 Å².